The Bertz CT molecular complexity index is 1320. The summed E-state index contributed by atoms with van der Waals surface area (Å²) >= 11 is 0. The van der Waals surface area contributed by atoms with Gasteiger partial charge >= 0.3 is 0 Å². The standard InChI is InChI=1S/C24H18N4O/c1-15(29)18-11-7-8-16-14-19(24-26-20-12-5-6-13-21(20)27-24)23(28-22(16)18)25-17-9-3-2-4-10-17/h2-14H,1H3,(H,25,28)(H,26,27). The molecule has 140 valence electrons. The molecular weight excluding hydrogens is 360 g/mol. The van der Waals surface area contributed by atoms with Gasteiger partial charge in [-0.15, -0.1) is 0 Å². The Morgan fingerprint density at radius 3 is 2.48 bits per heavy atom. The number of anilines is 2. The van der Waals surface area contributed by atoms with E-state index in [1.54, 1.807) is 6.92 Å². The van der Waals surface area contributed by atoms with Crippen molar-refractivity contribution in [2.45, 2.75) is 6.92 Å². The van der Waals surface area contributed by atoms with Gasteiger partial charge in [-0.3, -0.25) is 4.79 Å². The molecule has 5 aromatic rings. The highest BCUT2D eigenvalue weighted by atomic mass is 16.1. The first kappa shape index (κ1) is 17.1. The van der Waals surface area contributed by atoms with E-state index in [1.165, 1.54) is 0 Å². The van der Waals surface area contributed by atoms with Gasteiger partial charge in [0.05, 0.1) is 22.1 Å². The second-order valence-electron chi connectivity index (χ2n) is 6.91. The van der Waals surface area contributed by atoms with Gasteiger partial charge in [-0.05, 0) is 43.3 Å². The van der Waals surface area contributed by atoms with Crippen LogP contribution in [0.3, 0.4) is 0 Å². The topological polar surface area (TPSA) is 70.7 Å². The molecule has 5 nitrogen and oxygen atoms in total. The van der Waals surface area contributed by atoms with Crippen molar-refractivity contribution in [3.05, 3.63) is 84.4 Å². The van der Waals surface area contributed by atoms with Crippen molar-refractivity contribution in [2.24, 2.45) is 0 Å². The molecule has 0 unspecified atom stereocenters. The summed E-state index contributed by atoms with van der Waals surface area (Å²) in [7, 11) is 0. The number of H-pyrrole nitrogens is 1. The number of para-hydroxylation sites is 4. The van der Waals surface area contributed by atoms with Crippen molar-refractivity contribution in [3.63, 3.8) is 0 Å². The summed E-state index contributed by atoms with van der Waals surface area (Å²) in [5, 5.41) is 4.29. The smallest absolute Gasteiger partial charge is 0.161 e. The maximum Gasteiger partial charge on any atom is 0.161 e. The highest BCUT2D eigenvalue weighted by Crippen LogP contribution is 2.32. The van der Waals surface area contributed by atoms with E-state index < -0.39 is 0 Å². The van der Waals surface area contributed by atoms with E-state index in [0.29, 0.717) is 16.9 Å². The fourth-order valence-corrected chi connectivity index (χ4v) is 3.50. The van der Waals surface area contributed by atoms with Gasteiger partial charge in [0, 0.05) is 16.6 Å². The van der Waals surface area contributed by atoms with Crippen LogP contribution in [-0.2, 0) is 0 Å². The Labute approximate surface area is 167 Å². The summed E-state index contributed by atoms with van der Waals surface area (Å²) in [6, 6.07) is 25.4. The van der Waals surface area contributed by atoms with Crippen LogP contribution >= 0.6 is 0 Å². The van der Waals surface area contributed by atoms with E-state index in [0.717, 1.165) is 33.5 Å². The number of ketones is 1. The number of aromatic nitrogens is 3. The van der Waals surface area contributed by atoms with Crippen LogP contribution in [0.15, 0.2) is 78.9 Å². The molecule has 2 heterocycles. The van der Waals surface area contributed by atoms with Gasteiger partial charge < -0.3 is 10.3 Å². The summed E-state index contributed by atoms with van der Waals surface area (Å²) in [4.78, 5) is 25.1. The Morgan fingerprint density at radius 2 is 1.69 bits per heavy atom. The van der Waals surface area contributed by atoms with E-state index in [1.807, 2.05) is 78.9 Å². The van der Waals surface area contributed by atoms with Crippen LogP contribution < -0.4 is 5.32 Å². The van der Waals surface area contributed by atoms with Crippen molar-refractivity contribution in [1.82, 2.24) is 15.0 Å². The number of benzene rings is 3. The Hall–Kier alpha value is -3.99. The normalized spacial score (nSPS) is 11.1. The lowest BCUT2D eigenvalue weighted by Crippen LogP contribution is -2.01. The molecule has 5 heteroatoms. The minimum Gasteiger partial charge on any atom is -0.340 e. The quantitative estimate of drug-likeness (QED) is 0.392. The molecule has 0 atom stereocenters. The van der Waals surface area contributed by atoms with E-state index >= 15 is 0 Å². The molecule has 0 saturated heterocycles. The minimum atomic E-state index is -0.00903. The second-order valence-corrected chi connectivity index (χ2v) is 6.91. The maximum absolute atomic E-state index is 12.1. The molecule has 3 aromatic carbocycles. The number of nitrogens with zero attached hydrogens (tertiary/aromatic N) is 2. The van der Waals surface area contributed by atoms with Gasteiger partial charge in [-0.1, -0.05) is 42.5 Å². The number of hydrogen-bond donors (Lipinski definition) is 2. The number of Topliss-reactive ketones (excluding diaryl/α,β-unsaturated/α-hetero) is 1. The fourth-order valence-electron chi connectivity index (χ4n) is 3.50. The minimum absolute atomic E-state index is 0.00903. The first-order chi connectivity index (χ1) is 14.2. The van der Waals surface area contributed by atoms with Crippen molar-refractivity contribution < 1.29 is 4.79 Å². The van der Waals surface area contributed by atoms with Crippen LogP contribution in [0.25, 0.3) is 33.3 Å². The average Bonchev–Trinajstić information content (AvgIpc) is 3.17. The van der Waals surface area contributed by atoms with Crippen LogP contribution in [0, 0.1) is 0 Å². The molecule has 0 radical (unpaired) electrons. The molecule has 0 fully saturated rings. The molecule has 0 bridgehead atoms. The number of fused-ring (bicyclic) bond motifs is 2. The molecule has 0 aliphatic rings. The van der Waals surface area contributed by atoms with E-state index in [9.17, 15) is 4.79 Å². The number of rotatable bonds is 4. The fraction of sp³-hybridized carbons (Fsp3) is 0.0417. The van der Waals surface area contributed by atoms with Gasteiger partial charge in [-0.2, -0.15) is 0 Å². The lowest BCUT2D eigenvalue weighted by atomic mass is 10.0. The van der Waals surface area contributed by atoms with Crippen molar-refractivity contribution in [3.8, 4) is 11.4 Å². The summed E-state index contributed by atoms with van der Waals surface area (Å²) in [6.45, 7) is 1.56. The SMILES string of the molecule is CC(=O)c1cccc2cc(-c3nc4ccccc4[nH]3)c(Nc3ccccc3)nc12. The zero-order valence-electron chi connectivity index (χ0n) is 15.8. The molecule has 0 aliphatic carbocycles. The number of carbonyl (C=O) groups is 1. The first-order valence-electron chi connectivity index (χ1n) is 9.41. The third-order valence-corrected chi connectivity index (χ3v) is 4.91. The van der Waals surface area contributed by atoms with E-state index in [2.05, 4.69) is 10.3 Å². The lowest BCUT2D eigenvalue weighted by molar-refractivity contribution is 0.101. The van der Waals surface area contributed by atoms with E-state index in [-0.39, 0.29) is 5.78 Å². The number of pyridine rings is 1. The number of aromatic amines is 1. The van der Waals surface area contributed by atoms with Gasteiger partial charge in [0.15, 0.2) is 5.78 Å². The lowest BCUT2D eigenvalue weighted by Gasteiger charge is -2.13. The highest BCUT2D eigenvalue weighted by Gasteiger charge is 2.16. The zero-order chi connectivity index (χ0) is 19.8. The van der Waals surface area contributed by atoms with Crippen LogP contribution in [0.2, 0.25) is 0 Å². The molecule has 2 aromatic heterocycles. The first-order valence-corrected chi connectivity index (χ1v) is 9.41. The average molecular weight is 378 g/mol. The van der Waals surface area contributed by atoms with Crippen molar-refractivity contribution in [1.29, 1.82) is 0 Å². The number of carbonyl (C=O) groups excluding carboxylic acids is 1. The van der Waals surface area contributed by atoms with Crippen molar-refractivity contribution in [2.75, 3.05) is 5.32 Å². The van der Waals surface area contributed by atoms with E-state index in [4.69, 9.17) is 9.97 Å². The largest absolute Gasteiger partial charge is 0.340 e. The number of hydrogen-bond acceptors (Lipinski definition) is 4. The van der Waals surface area contributed by atoms with Crippen LogP contribution in [0.1, 0.15) is 17.3 Å². The maximum atomic E-state index is 12.1. The zero-order valence-corrected chi connectivity index (χ0v) is 15.8. The molecular formula is C24H18N4O. The predicted octanol–water partition coefficient (Wildman–Crippen LogP) is 5.72. The molecule has 29 heavy (non-hydrogen) atoms. The Morgan fingerprint density at radius 1 is 0.897 bits per heavy atom. The van der Waals surface area contributed by atoms with Crippen molar-refractivity contribution >= 4 is 39.2 Å². The Kier molecular flexibility index (Phi) is 4.06. The monoisotopic (exact) mass is 378 g/mol. The van der Waals surface area contributed by atoms with Gasteiger partial charge in [0.2, 0.25) is 0 Å². The molecule has 0 amide bonds. The number of nitrogens with one attached hydrogen (secondary N) is 2. The third-order valence-electron chi connectivity index (χ3n) is 4.91. The van der Waals surface area contributed by atoms with Gasteiger partial charge in [0.25, 0.3) is 0 Å². The molecule has 0 saturated carbocycles. The van der Waals surface area contributed by atoms with Gasteiger partial charge in [0.1, 0.15) is 11.6 Å². The van der Waals surface area contributed by atoms with Gasteiger partial charge in [-0.25, -0.2) is 9.97 Å². The molecule has 2 N–H and O–H groups in total. The summed E-state index contributed by atoms with van der Waals surface area (Å²) < 4.78 is 0. The van der Waals surface area contributed by atoms with Crippen LogP contribution in [0.5, 0.6) is 0 Å². The second kappa shape index (κ2) is 6.87. The summed E-state index contributed by atoms with van der Waals surface area (Å²) in [6.07, 6.45) is 0. The van der Waals surface area contributed by atoms with Crippen LogP contribution in [-0.4, -0.2) is 20.7 Å². The number of imidazole rings is 1. The third kappa shape index (κ3) is 3.12. The highest BCUT2D eigenvalue weighted by molar-refractivity contribution is 6.07. The summed E-state index contributed by atoms with van der Waals surface area (Å²) in [5.74, 6) is 1.37. The molecule has 5 rings (SSSR count). The summed E-state index contributed by atoms with van der Waals surface area (Å²) in [5.41, 5.74) is 4.90. The molecule has 0 aliphatic heterocycles. The van der Waals surface area contributed by atoms with Crippen LogP contribution in [0.4, 0.5) is 11.5 Å². The molecule has 0 spiro atoms. The predicted molar refractivity (Wildman–Crippen MR) is 117 cm³/mol. The Balaban J connectivity index is 1.76.